The van der Waals surface area contributed by atoms with Crippen LogP contribution in [0.5, 0.6) is 0 Å². The molecule has 1 N–H and O–H groups in total. The molecule has 104 valence electrons. The average molecular weight is 308 g/mol. The summed E-state index contributed by atoms with van der Waals surface area (Å²) in [5, 5.41) is 8.57. The molecular formula is C11H11ClFNO4S. The van der Waals surface area contributed by atoms with Gasteiger partial charge in [-0.15, -0.1) is 0 Å². The fraction of sp³-hybridized carbons (Fsp3) is 0.364. The molecule has 1 aromatic rings. The molecule has 1 fully saturated rings. The molecule has 1 heterocycles. The van der Waals surface area contributed by atoms with Crippen LogP contribution in [0.4, 0.5) is 4.39 Å². The molecule has 1 unspecified atom stereocenters. The molecular weight excluding hydrogens is 297 g/mol. The monoisotopic (exact) mass is 307 g/mol. The van der Waals surface area contributed by atoms with Crippen LogP contribution in [0.3, 0.4) is 0 Å². The van der Waals surface area contributed by atoms with E-state index in [1.54, 1.807) is 0 Å². The number of nitrogens with zero attached hydrogens (tertiary/aromatic N) is 1. The maximum Gasteiger partial charge on any atom is 0.307 e. The van der Waals surface area contributed by atoms with E-state index in [1.807, 2.05) is 0 Å². The lowest BCUT2D eigenvalue weighted by atomic mass is 10.1. The van der Waals surface area contributed by atoms with Crippen LogP contribution in [0.25, 0.3) is 0 Å². The molecule has 5 nitrogen and oxygen atoms in total. The number of hydrogen-bond donors (Lipinski definition) is 1. The Morgan fingerprint density at radius 3 is 2.68 bits per heavy atom. The number of benzene rings is 1. The van der Waals surface area contributed by atoms with Gasteiger partial charge < -0.3 is 5.11 Å². The SMILES string of the molecule is O=C(O)C1CCN(S(=O)(=O)c2ccc(F)c(Cl)c2)C1. The van der Waals surface area contributed by atoms with Gasteiger partial charge in [0.25, 0.3) is 0 Å². The van der Waals surface area contributed by atoms with Crippen molar-refractivity contribution in [2.24, 2.45) is 5.92 Å². The second kappa shape index (κ2) is 5.07. The zero-order chi connectivity index (χ0) is 14.2. The molecule has 0 aliphatic carbocycles. The summed E-state index contributed by atoms with van der Waals surface area (Å²) in [6.07, 6.45) is 0.267. The van der Waals surface area contributed by atoms with Crippen molar-refractivity contribution in [3.8, 4) is 0 Å². The summed E-state index contributed by atoms with van der Waals surface area (Å²) in [5.41, 5.74) is 0. The van der Waals surface area contributed by atoms with E-state index in [1.165, 1.54) is 0 Å². The molecule has 0 spiro atoms. The highest BCUT2D eigenvalue weighted by Gasteiger charge is 2.35. The van der Waals surface area contributed by atoms with E-state index in [0.717, 1.165) is 22.5 Å². The van der Waals surface area contributed by atoms with E-state index < -0.39 is 27.7 Å². The second-order valence-corrected chi connectivity index (χ2v) is 6.61. The van der Waals surface area contributed by atoms with E-state index in [9.17, 15) is 17.6 Å². The maximum atomic E-state index is 13.0. The van der Waals surface area contributed by atoms with Gasteiger partial charge in [0.05, 0.1) is 15.8 Å². The molecule has 0 amide bonds. The quantitative estimate of drug-likeness (QED) is 0.920. The van der Waals surface area contributed by atoms with E-state index in [4.69, 9.17) is 16.7 Å². The lowest BCUT2D eigenvalue weighted by Gasteiger charge is -2.16. The minimum Gasteiger partial charge on any atom is -0.481 e. The number of carbonyl (C=O) groups is 1. The van der Waals surface area contributed by atoms with Crippen molar-refractivity contribution in [1.82, 2.24) is 4.31 Å². The Kier molecular flexibility index (Phi) is 3.80. The summed E-state index contributed by atoms with van der Waals surface area (Å²) >= 11 is 5.55. The van der Waals surface area contributed by atoms with Crippen molar-refractivity contribution >= 4 is 27.6 Å². The van der Waals surface area contributed by atoms with E-state index in [2.05, 4.69) is 0 Å². The number of halogens is 2. The summed E-state index contributed by atoms with van der Waals surface area (Å²) in [4.78, 5) is 10.7. The zero-order valence-corrected chi connectivity index (χ0v) is 11.3. The highest BCUT2D eigenvalue weighted by Crippen LogP contribution is 2.26. The van der Waals surface area contributed by atoms with Gasteiger partial charge in [-0.1, -0.05) is 11.6 Å². The van der Waals surface area contributed by atoms with Crippen molar-refractivity contribution in [1.29, 1.82) is 0 Å². The standard InChI is InChI=1S/C11H11ClFNO4S/c12-9-5-8(1-2-10(9)13)19(17,18)14-4-3-7(6-14)11(15)16/h1-2,5,7H,3-4,6H2,(H,15,16). The fourth-order valence-corrected chi connectivity index (χ4v) is 3.71. The van der Waals surface area contributed by atoms with Crippen LogP contribution in [0, 0.1) is 11.7 Å². The molecule has 1 atom stereocenters. The Morgan fingerprint density at radius 2 is 2.16 bits per heavy atom. The summed E-state index contributed by atoms with van der Waals surface area (Å²) in [5.74, 6) is -2.43. The van der Waals surface area contributed by atoms with Gasteiger partial charge in [0.15, 0.2) is 0 Å². The highest BCUT2D eigenvalue weighted by atomic mass is 35.5. The number of carboxylic acids is 1. The first-order valence-corrected chi connectivity index (χ1v) is 7.32. The summed E-state index contributed by atoms with van der Waals surface area (Å²) in [6, 6.07) is 3.12. The normalized spacial score (nSPS) is 20.6. The second-order valence-electron chi connectivity index (χ2n) is 4.26. The molecule has 1 saturated heterocycles. The average Bonchev–Trinajstić information content (AvgIpc) is 2.82. The molecule has 8 heteroatoms. The van der Waals surface area contributed by atoms with Crippen LogP contribution in [0.15, 0.2) is 23.1 Å². The number of sulfonamides is 1. The minimum atomic E-state index is -3.83. The number of carboxylic acid groups (broad SMARTS) is 1. The van der Waals surface area contributed by atoms with Crippen LogP contribution < -0.4 is 0 Å². The predicted molar refractivity (Wildman–Crippen MR) is 65.9 cm³/mol. The lowest BCUT2D eigenvalue weighted by Crippen LogP contribution is -2.30. The van der Waals surface area contributed by atoms with Crippen molar-refractivity contribution in [3.63, 3.8) is 0 Å². The fourth-order valence-electron chi connectivity index (χ4n) is 1.93. The lowest BCUT2D eigenvalue weighted by molar-refractivity contribution is -0.141. The summed E-state index contributed by atoms with van der Waals surface area (Å²) in [6.45, 7) is 0.0565. The van der Waals surface area contributed by atoms with Gasteiger partial charge in [0.1, 0.15) is 5.82 Å². The van der Waals surface area contributed by atoms with Gasteiger partial charge in [-0.3, -0.25) is 4.79 Å². The van der Waals surface area contributed by atoms with Crippen molar-refractivity contribution in [3.05, 3.63) is 29.0 Å². The third-order valence-electron chi connectivity index (χ3n) is 3.03. The number of aliphatic carboxylic acids is 1. The predicted octanol–water partition coefficient (Wildman–Crippen LogP) is 1.57. The zero-order valence-electron chi connectivity index (χ0n) is 9.71. The molecule has 1 aromatic carbocycles. The Hall–Kier alpha value is -1.18. The van der Waals surface area contributed by atoms with Crippen molar-refractivity contribution < 1.29 is 22.7 Å². The first kappa shape index (κ1) is 14.2. The first-order valence-electron chi connectivity index (χ1n) is 5.50. The topological polar surface area (TPSA) is 74.7 Å². The molecule has 1 aliphatic rings. The van der Waals surface area contributed by atoms with E-state index in [-0.39, 0.29) is 29.4 Å². The van der Waals surface area contributed by atoms with Crippen molar-refractivity contribution in [2.45, 2.75) is 11.3 Å². The van der Waals surface area contributed by atoms with Crippen LogP contribution in [0.2, 0.25) is 5.02 Å². The number of rotatable bonds is 3. The summed E-state index contributed by atoms with van der Waals surface area (Å²) < 4.78 is 38.5. The Balaban J connectivity index is 2.28. The molecule has 19 heavy (non-hydrogen) atoms. The smallest absolute Gasteiger partial charge is 0.307 e. The van der Waals surface area contributed by atoms with Gasteiger partial charge in [-0.05, 0) is 24.6 Å². The van der Waals surface area contributed by atoms with Crippen LogP contribution in [0.1, 0.15) is 6.42 Å². The van der Waals surface area contributed by atoms with Crippen molar-refractivity contribution in [2.75, 3.05) is 13.1 Å². The highest BCUT2D eigenvalue weighted by molar-refractivity contribution is 7.89. The summed E-state index contributed by atoms with van der Waals surface area (Å²) in [7, 11) is -3.83. The van der Waals surface area contributed by atoms with Gasteiger partial charge in [0.2, 0.25) is 10.0 Å². The third-order valence-corrected chi connectivity index (χ3v) is 5.18. The van der Waals surface area contributed by atoms with E-state index in [0.29, 0.717) is 0 Å². The molecule has 1 aliphatic heterocycles. The molecule has 2 rings (SSSR count). The minimum absolute atomic E-state index is 0.0767. The van der Waals surface area contributed by atoms with Gasteiger partial charge in [-0.25, -0.2) is 12.8 Å². The maximum absolute atomic E-state index is 13.0. The molecule has 0 aromatic heterocycles. The number of hydrogen-bond acceptors (Lipinski definition) is 3. The Morgan fingerprint density at radius 1 is 1.47 bits per heavy atom. The van der Waals surface area contributed by atoms with Crippen LogP contribution >= 0.6 is 11.6 Å². The molecule has 0 saturated carbocycles. The first-order chi connectivity index (χ1) is 8.82. The van der Waals surface area contributed by atoms with Crippen LogP contribution in [-0.4, -0.2) is 36.9 Å². The van der Waals surface area contributed by atoms with Gasteiger partial charge in [-0.2, -0.15) is 4.31 Å². The van der Waals surface area contributed by atoms with E-state index >= 15 is 0 Å². The molecule has 0 radical (unpaired) electrons. The largest absolute Gasteiger partial charge is 0.481 e. The molecule has 0 bridgehead atoms. The Labute approximate surface area is 114 Å². The van der Waals surface area contributed by atoms with Gasteiger partial charge in [0, 0.05) is 13.1 Å². The Bertz CT molecular complexity index is 619. The third kappa shape index (κ3) is 2.72. The van der Waals surface area contributed by atoms with Gasteiger partial charge >= 0.3 is 5.97 Å². The van der Waals surface area contributed by atoms with Crippen LogP contribution in [-0.2, 0) is 14.8 Å².